The van der Waals surface area contributed by atoms with Gasteiger partial charge in [-0.1, -0.05) is 13.8 Å². The lowest BCUT2D eigenvalue weighted by Gasteiger charge is -2.26. The lowest BCUT2D eigenvalue weighted by Crippen LogP contribution is -2.47. The Morgan fingerprint density at radius 1 is 1.28 bits per heavy atom. The smallest absolute Gasteiger partial charge is 0.407 e. The molecule has 0 aromatic heterocycles. The average Bonchev–Trinajstić information content (AvgIpc) is 2.22. The van der Waals surface area contributed by atoms with Gasteiger partial charge >= 0.3 is 6.09 Å². The monoisotopic (exact) mass is 259 g/mol. The first kappa shape index (κ1) is 16.9. The molecular weight excluding hydrogens is 234 g/mol. The molecule has 0 aromatic rings. The van der Waals surface area contributed by atoms with Crippen LogP contribution in [0.4, 0.5) is 4.79 Å². The zero-order valence-corrected chi connectivity index (χ0v) is 12.1. The zero-order chi connectivity index (χ0) is 14.5. The van der Waals surface area contributed by atoms with E-state index in [1.807, 2.05) is 0 Å². The van der Waals surface area contributed by atoms with Gasteiger partial charge in [0.25, 0.3) is 0 Å². The SMILES string of the molecule is CCC(=O)[C@H](C)[C@@H](O)[C@H](C)NC(=O)OC(C)(C)C. The molecule has 2 N–H and O–H groups in total. The van der Waals surface area contributed by atoms with E-state index in [9.17, 15) is 14.7 Å². The maximum atomic E-state index is 11.5. The highest BCUT2D eigenvalue weighted by atomic mass is 16.6. The molecule has 1 amide bonds. The van der Waals surface area contributed by atoms with Gasteiger partial charge in [0.1, 0.15) is 11.4 Å². The number of carbonyl (C=O) groups is 2. The topological polar surface area (TPSA) is 75.6 Å². The Morgan fingerprint density at radius 3 is 2.17 bits per heavy atom. The number of aliphatic hydroxyl groups is 1. The molecule has 0 radical (unpaired) electrons. The summed E-state index contributed by atoms with van der Waals surface area (Å²) in [5, 5.41) is 12.5. The summed E-state index contributed by atoms with van der Waals surface area (Å²) in [5.41, 5.74) is -0.584. The van der Waals surface area contributed by atoms with Crippen LogP contribution in [0.2, 0.25) is 0 Å². The van der Waals surface area contributed by atoms with Crippen LogP contribution in [-0.4, -0.2) is 34.7 Å². The first-order valence-corrected chi connectivity index (χ1v) is 6.28. The molecule has 0 spiro atoms. The molecule has 0 saturated heterocycles. The lowest BCUT2D eigenvalue weighted by molar-refractivity contribution is -0.125. The maximum Gasteiger partial charge on any atom is 0.407 e. The van der Waals surface area contributed by atoms with E-state index >= 15 is 0 Å². The van der Waals surface area contributed by atoms with Crippen molar-refractivity contribution in [2.75, 3.05) is 0 Å². The van der Waals surface area contributed by atoms with Crippen LogP contribution in [0.5, 0.6) is 0 Å². The molecule has 0 aliphatic carbocycles. The van der Waals surface area contributed by atoms with Crippen molar-refractivity contribution >= 4 is 11.9 Å². The third kappa shape index (κ3) is 6.00. The maximum absolute atomic E-state index is 11.5. The van der Waals surface area contributed by atoms with Gasteiger partial charge in [-0.15, -0.1) is 0 Å². The fourth-order valence-electron chi connectivity index (χ4n) is 1.52. The lowest BCUT2D eigenvalue weighted by atomic mass is 9.93. The standard InChI is InChI=1S/C13H25NO4/c1-7-10(15)8(2)11(16)9(3)14-12(17)18-13(4,5)6/h8-9,11,16H,7H2,1-6H3,(H,14,17)/t8-,9-,11+/m0/s1. The number of aliphatic hydroxyl groups excluding tert-OH is 1. The summed E-state index contributed by atoms with van der Waals surface area (Å²) in [5.74, 6) is -0.528. The van der Waals surface area contributed by atoms with Gasteiger partial charge in [-0.05, 0) is 27.7 Å². The molecule has 0 aliphatic rings. The van der Waals surface area contributed by atoms with Crippen LogP contribution in [-0.2, 0) is 9.53 Å². The zero-order valence-electron chi connectivity index (χ0n) is 12.1. The van der Waals surface area contributed by atoms with Gasteiger partial charge in [0, 0.05) is 12.3 Å². The first-order valence-electron chi connectivity index (χ1n) is 6.28. The third-order valence-corrected chi connectivity index (χ3v) is 2.63. The van der Waals surface area contributed by atoms with Gasteiger partial charge in [0.15, 0.2) is 0 Å². The number of ketones is 1. The van der Waals surface area contributed by atoms with Crippen molar-refractivity contribution in [1.29, 1.82) is 0 Å². The van der Waals surface area contributed by atoms with E-state index in [4.69, 9.17) is 4.74 Å². The summed E-state index contributed by atoms with van der Waals surface area (Å²) in [6, 6.07) is -0.537. The van der Waals surface area contributed by atoms with Gasteiger partial charge in [-0.25, -0.2) is 4.79 Å². The number of alkyl carbamates (subject to hydrolysis) is 1. The van der Waals surface area contributed by atoms with Gasteiger partial charge < -0.3 is 15.2 Å². The van der Waals surface area contributed by atoms with Crippen molar-refractivity contribution in [1.82, 2.24) is 5.32 Å². The van der Waals surface area contributed by atoms with Crippen LogP contribution in [0.1, 0.15) is 48.0 Å². The second kappa shape index (κ2) is 6.73. The Labute approximate surface area is 109 Å². The normalized spacial score (nSPS) is 16.6. The van der Waals surface area contributed by atoms with E-state index < -0.39 is 29.8 Å². The molecule has 0 bridgehead atoms. The van der Waals surface area contributed by atoms with E-state index in [1.165, 1.54) is 0 Å². The van der Waals surface area contributed by atoms with Crippen molar-refractivity contribution < 1.29 is 19.4 Å². The van der Waals surface area contributed by atoms with E-state index in [0.717, 1.165) is 0 Å². The molecular formula is C13H25NO4. The predicted octanol–water partition coefficient (Wildman–Crippen LogP) is 1.88. The summed E-state index contributed by atoms with van der Waals surface area (Å²) in [7, 11) is 0. The fourth-order valence-corrected chi connectivity index (χ4v) is 1.52. The highest BCUT2D eigenvalue weighted by Gasteiger charge is 2.28. The number of amides is 1. The second-order valence-corrected chi connectivity index (χ2v) is 5.53. The Kier molecular flexibility index (Phi) is 6.32. The van der Waals surface area contributed by atoms with E-state index in [2.05, 4.69) is 5.32 Å². The Bertz CT molecular complexity index is 296. The minimum absolute atomic E-state index is 0.0275. The van der Waals surface area contributed by atoms with Gasteiger partial charge in [0.2, 0.25) is 0 Å². The summed E-state index contributed by atoms with van der Waals surface area (Å²) < 4.78 is 5.08. The highest BCUT2D eigenvalue weighted by molar-refractivity contribution is 5.81. The number of carbonyl (C=O) groups excluding carboxylic acids is 2. The van der Waals surface area contributed by atoms with Crippen molar-refractivity contribution in [2.45, 2.75) is 65.7 Å². The van der Waals surface area contributed by atoms with Crippen molar-refractivity contribution in [3.63, 3.8) is 0 Å². The quantitative estimate of drug-likeness (QED) is 0.790. The number of Topliss-reactive ketones (excluding diaryl/α,β-unsaturated/α-hetero) is 1. The van der Waals surface area contributed by atoms with E-state index in [0.29, 0.717) is 6.42 Å². The minimum Gasteiger partial charge on any atom is -0.444 e. The van der Waals surface area contributed by atoms with Gasteiger partial charge in [-0.3, -0.25) is 4.79 Å². The van der Waals surface area contributed by atoms with Crippen LogP contribution < -0.4 is 5.32 Å². The largest absolute Gasteiger partial charge is 0.444 e. The van der Waals surface area contributed by atoms with Crippen LogP contribution >= 0.6 is 0 Å². The number of hydrogen-bond acceptors (Lipinski definition) is 4. The van der Waals surface area contributed by atoms with Crippen LogP contribution in [0.25, 0.3) is 0 Å². The fraction of sp³-hybridized carbons (Fsp3) is 0.846. The summed E-state index contributed by atoms with van der Waals surface area (Å²) in [6.07, 6.45) is -1.13. The minimum atomic E-state index is -0.912. The molecule has 0 rings (SSSR count). The van der Waals surface area contributed by atoms with Gasteiger partial charge in [0.05, 0.1) is 12.1 Å². The Hall–Kier alpha value is -1.10. The summed E-state index contributed by atoms with van der Waals surface area (Å²) in [4.78, 5) is 23.0. The molecule has 0 unspecified atom stereocenters. The molecule has 0 fully saturated rings. The molecule has 106 valence electrons. The molecule has 0 saturated carbocycles. The van der Waals surface area contributed by atoms with Crippen LogP contribution in [0.15, 0.2) is 0 Å². The number of rotatable bonds is 5. The average molecular weight is 259 g/mol. The molecule has 5 nitrogen and oxygen atoms in total. The molecule has 3 atom stereocenters. The van der Waals surface area contributed by atoms with Crippen molar-refractivity contribution in [3.05, 3.63) is 0 Å². The first-order chi connectivity index (χ1) is 8.08. The van der Waals surface area contributed by atoms with E-state index in [-0.39, 0.29) is 5.78 Å². The Morgan fingerprint density at radius 2 is 1.78 bits per heavy atom. The van der Waals surface area contributed by atoms with Crippen LogP contribution in [0.3, 0.4) is 0 Å². The number of ether oxygens (including phenoxy) is 1. The highest BCUT2D eigenvalue weighted by Crippen LogP contribution is 2.12. The second-order valence-electron chi connectivity index (χ2n) is 5.53. The third-order valence-electron chi connectivity index (χ3n) is 2.63. The van der Waals surface area contributed by atoms with Crippen molar-refractivity contribution in [3.8, 4) is 0 Å². The molecule has 0 aromatic carbocycles. The Balaban J connectivity index is 4.36. The molecule has 0 aliphatic heterocycles. The van der Waals surface area contributed by atoms with Gasteiger partial charge in [-0.2, -0.15) is 0 Å². The molecule has 18 heavy (non-hydrogen) atoms. The summed E-state index contributed by atoms with van der Waals surface area (Å²) >= 11 is 0. The molecule has 0 heterocycles. The molecule has 5 heteroatoms. The number of hydrogen-bond donors (Lipinski definition) is 2. The summed E-state index contributed by atoms with van der Waals surface area (Å²) in [6.45, 7) is 10.3. The van der Waals surface area contributed by atoms with Crippen molar-refractivity contribution in [2.24, 2.45) is 5.92 Å². The van der Waals surface area contributed by atoms with Crippen LogP contribution in [0, 0.1) is 5.92 Å². The number of nitrogens with one attached hydrogen (secondary N) is 1. The predicted molar refractivity (Wildman–Crippen MR) is 69.3 cm³/mol. The van der Waals surface area contributed by atoms with E-state index in [1.54, 1.807) is 41.5 Å².